The van der Waals surface area contributed by atoms with E-state index in [4.69, 9.17) is 16.3 Å². The third-order valence-electron chi connectivity index (χ3n) is 7.02. The first-order valence-electron chi connectivity index (χ1n) is 11.4. The van der Waals surface area contributed by atoms with Crippen LogP contribution in [0.25, 0.3) is 6.08 Å². The van der Waals surface area contributed by atoms with Crippen molar-refractivity contribution in [3.63, 3.8) is 0 Å². The maximum absolute atomic E-state index is 13.3. The first-order chi connectivity index (χ1) is 16.7. The summed E-state index contributed by atoms with van der Waals surface area (Å²) < 4.78 is 33.7. The standard InChI is InChI=1S/C23H28ClN5O4S2/c1-33-17-23-16-28(35(31,32)13-6-19-2-3-20(24)34-19)14-21(30)29(23)15-22(26-23)7-11-27(12-8-22)18-4-9-25-10-5-18/h2-6,9-10,13,26H,7-8,11-12,14-17H2,1H3. The molecule has 188 valence electrons. The number of aromatic nitrogens is 1. The number of carbonyl (C=O) groups is 1. The van der Waals surface area contributed by atoms with Crippen molar-refractivity contribution in [3.8, 4) is 0 Å². The molecule has 3 aliphatic heterocycles. The van der Waals surface area contributed by atoms with E-state index < -0.39 is 15.7 Å². The number of thiophene rings is 1. The summed E-state index contributed by atoms with van der Waals surface area (Å²) in [6, 6.07) is 7.48. The van der Waals surface area contributed by atoms with Gasteiger partial charge in [0.15, 0.2) is 0 Å². The Hall–Kier alpha value is -2.02. The molecule has 12 heteroatoms. The van der Waals surface area contributed by atoms with Crippen LogP contribution < -0.4 is 10.2 Å². The zero-order valence-electron chi connectivity index (χ0n) is 19.4. The Bertz CT molecular complexity index is 1210. The average Bonchev–Trinajstić information content (AvgIpc) is 3.40. The van der Waals surface area contributed by atoms with Crippen molar-refractivity contribution in [1.29, 1.82) is 0 Å². The first kappa shape index (κ1) is 24.7. The molecule has 5 heterocycles. The number of nitrogens with zero attached hydrogens (tertiary/aromatic N) is 4. The number of fused-ring (bicyclic) bond motifs is 1. The van der Waals surface area contributed by atoms with Crippen LogP contribution in [0.5, 0.6) is 0 Å². The second-order valence-electron chi connectivity index (χ2n) is 9.30. The highest BCUT2D eigenvalue weighted by atomic mass is 35.5. The van der Waals surface area contributed by atoms with Crippen molar-refractivity contribution in [2.75, 3.05) is 51.3 Å². The van der Waals surface area contributed by atoms with E-state index in [-0.39, 0.29) is 31.1 Å². The number of piperazine rings is 1. The van der Waals surface area contributed by atoms with Crippen LogP contribution in [0.2, 0.25) is 4.34 Å². The molecule has 0 aliphatic carbocycles. The highest BCUT2D eigenvalue weighted by Crippen LogP contribution is 2.39. The van der Waals surface area contributed by atoms with Gasteiger partial charge in [0.2, 0.25) is 15.9 Å². The van der Waals surface area contributed by atoms with Crippen molar-refractivity contribution >= 4 is 50.6 Å². The Kier molecular flexibility index (Phi) is 6.66. The Labute approximate surface area is 214 Å². The summed E-state index contributed by atoms with van der Waals surface area (Å²) in [6.45, 7) is 2.33. The van der Waals surface area contributed by atoms with E-state index in [2.05, 4.69) is 15.2 Å². The van der Waals surface area contributed by atoms with Gasteiger partial charge in [-0.15, -0.1) is 11.3 Å². The van der Waals surface area contributed by atoms with Crippen molar-refractivity contribution in [3.05, 3.63) is 51.3 Å². The molecule has 35 heavy (non-hydrogen) atoms. The van der Waals surface area contributed by atoms with Gasteiger partial charge in [0.05, 0.1) is 24.0 Å². The van der Waals surface area contributed by atoms with Crippen LogP contribution >= 0.6 is 22.9 Å². The Morgan fingerprint density at radius 3 is 2.60 bits per heavy atom. The average molecular weight is 538 g/mol. The number of anilines is 1. The molecule has 5 rings (SSSR count). The largest absolute Gasteiger partial charge is 0.381 e. The zero-order valence-corrected chi connectivity index (χ0v) is 21.8. The van der Waals surface area contributed by atoms with Crippen molar-refractivity contribution in [2.45, 2.75) is 24.0 Å². The molecule has 9 nitrogen and oxygen atoms in total. The lowest BCUT2D eigenvalue weighted by Gasteiger charge is -2.45. The zero-order chi connectivity index (χ0) is 24.7. The summed E-state index contributed by atoms with van der Waals surface area (Å²) in [5.41, 5.74) is -0.0683. The Morgan fingerprint density at radius 2 is 1.94 bits per heavy atom. The second kappa shape index (κ2) is 9.45. The summed E-state index contributed by atoms with van der Waals surface area (Å²) in [6.07, 6.45) is 6.75. The molecule has 1 unspecified atom stereocenters. The molecule has 0 bridgehead atoms. The topological polar surface area (TPSA) is 95.1 Å². The van der Waals surface area contributed by atoms with E-state index in [1.165, 1.54) is 21.7 Å². The minimum Gasteiger partial charge on any atom is -0.381 e. The van der Waals surface area contributed by atoms with Gasteiger partial charge >= 0.3 is 0 Å². The summed E-state index contributed by atoms with van der Waals surface area (Å²) in [5, 5.41) is 4.85. The van der Waals surface area contributed by atoms with Gasteiger partial charge in [-0.3, -0.25) is 15.1 Å². The summed E-state index contributed by atoms with van der Waals surface area (Å²) >= 11 is 7.25. The maximum atomic E-state index is 13.3. The van der Waals surface area contributed by atoms with Gasteiger partial charge in [0.1, 0.15) is 5.66 Å². The van der Waals surface area contributed by atoms with E-state index in [0.29, 0.717) is 10.9 Å². The number of carbonyl (C=O) groups excluding carboxylic acids is 1. The van der Waals surface area contributed by atoms with E-state index in [9.17, 15) is 13.2 Å². The van der Waals surface area contributed by atoms with Gasteiger partial charge in [-0.1, -0.05) is 11.6 Å². The highest BCUT2D eigenvalue weighted by molar-refractivity contribution is 7.92. The molecule has 3 fully saturated rings. The van der Waals surface area contributed by atoms with Gasteiger partial charge in [-0.25, -0.2) is 8.42 Å². The molecular formula is C23H28ClN5O4S2. The van der Waals surface area contributed by atoms with Crippen LogP contribution in [-0.2, 0) is 19.6 Å². The quantitative estimate of drug-likeness (QED) is 0.603. The number of methoxy groups -OCH3 is 1. The fraction of sp³-hybridized carbons (Fsp3) is 0.478. The van der Waals surface area contributed by atoms with Crippen LogP contribution in [0.1, 0.15) is 17.7 Å². The molecule has 2 aromatic rings. The van der Waals surface area contributed by atoms with Crippen molar-refractivity contribution < 1.29 is 17.9 Å². The fourth-order valence-electron chi connectivity index (χ4n) is 5.36. The molecular weight excluding hydrogens is 510 g/mol. The van der Waals surface area contributed by atoms with Crippen LogP contribution in [-0.4, -0.2) is 86.2 Å². The summed E-state index contributed by atoms with van der Waals surface area (Å²) in [4.78, 5) is 22.2. The Balaban J connectivity index is 1.35. The van der Waals surface area contributed by atoms with E-state index in [1.807, 2.05) is 12.1 Å². The van der Waals surface area contributed by atoms with E-state index >= 15 is 0 Å². The Morgan fingerprint density at radius 1 is 1.20 bits per heavy atom. The predicted octanol–water partition coefficient (Wildman–Crippen LogP) is 2.23. The molecule has 0 saturated carbocycles. The number of nitrogens with one attached hydrogen (secondary N) is 1. The van der Waals surface area contributed by atoms with Gasteiger partial charge in [-0.2, -0.15) is 4.31 Å². The molecule has 1 N–H and O–H groups in total. The molecule has 1 amide bonds. The molecule has 1 atom stereocenters. The minimum absolute atomic E-state index is 0.125. The van der Waals surface area contributed by atoms with Gasteiger partial charge < -0.3 is 14.5 Å². The number of pyridine rings is 1. The monoisotopic (exact) mass is 537 g/mol. The van der Waals surface area contributed by atoms with Crippen molar-refractivity contribution in [2.24, 2.45) is 0 Å². The molecule has 3 aliphatic rings. The second-order valence-corrected chi connectivity index (χ2v) is 12.9. The lowest BCUT2D eigenvalue weighted by atomic mass is 9.88. The number of amides is 1. The lowest BCUT2D eigenvalue weighted by Crippen LogP contribution is -2.70. The minimum atomic E-state index is -3.83. The normalized spacial score (nSPS) is 25.0. The van der Waals surface area contributed by atoms with Gasteiger partial charge in [-0.05, 0) is 43.2 Å². The first-order valence-corrected chi connectivity index (χ1v) is 14.1. The van der Waals surface area contributed by atoms with Gasteiger partial charge in [0, 0.05) is 60.6 Å². The fourth-order valence-corrected chi connectivity index (χ4v) is 7.58. The van der Waals surface area contributed by atoms with Crippen molar-refractivity contribution in [1.82, 2.24) is 19.5 Å². The molecule has 0 aromatic carbocycles. The third kappa shape index (κ3) is 4.85. The number of piperidine rings is 1. The lowest BCUT2D eigenvalue weighted by molar-refractivity contribution is -0.144. The highest BCUT2D eigenvalue weighted by Gasteiger charge is 2.58. The maximum Gasteiger partial charge on any atom is 0.239 e. The number of sulfonamides is 1. The van der Waals surface area contributed by atoms with Crippen LogP contribution in [0, 0.1) is 0 Å². The van der Waals surface area contributed by atoms with Crippen LogP contribution in [0.4, 0.5) is 5.69 Å². The van der Waals surface area contributed by atoms with Crippen LogP contribution in [0.3, 0.4) is 0 Å². The summed E-state index contributed by atoms with van der Waals surface area (Å²) in [7, 11) is -2.25. The van der Waals surface area contributed by atoms with Crippen LogP contribution in [0.15, 0.2) is 42.1 Å². The third-order valence-corrected chi connectivity index (χ3v) is 9.67. The van der Waals surface area contributed by atoms with E-state index in [1.54, 1.807) is 36.5 Å². The predicted molar refractivity (Wildman–Crippen MR) is 137 cm³/mol. The molecule has 0 radical (unpaired) electrons. The molecule has 2 aromatic heterocycles. The van der Waals surface area contributed by atoms with Gasteiger partial charge in [0.25, 0.3) is 0 Å². The van der Waals surface area contributed by atoms with E-state index in [0.717, 1.165) is 41.9 Å². The molecule has 1 spiro atoms. The number of ether oxygens (including phenoxy) is 1. The summed E-state index contributed by atoms with van der Waals surface area (Å²) in [5.74, 6) is -0.217. The number of halogens is 1. The molecule has 3 saturated heterocycles. The SMILES string of the molecule is COCC12CN(S(=O)(=O)C=Cc3ccc(Cl)s3)CC(=O)N1CC1(CCN(c3ccncc3)CC1)N2. The number of hydrogen-bond acceptors (Lipinski definition) is 8. The number of rotatable bonds is 6. The number of hydrogen-bond donors (Lipinski definition) is 1. The smallest absolute Gasteiger partial charge is 0.239 e.